The van der Waals surface area contributed by atoms with Crippen LogP contribution in [-0.4, -0.2) is 36.2 Å². The number of hydrogen-bond acceptors (Lipinski definition) is 3. The molecule has 3 N–H and O–H groups in total. The van der Waals surface area contributed by atoms with E-state index in [0.29, 0.717) is 18.6 Å². The van der Waals surface area contributed by atoms with Crippen LogP contribution >= 0.6 is 0 Å². The van der Waals surface area contributed by atoms with Gasteiger partial charge in [0.05, 0.1) is 6.61 Å². The maximum Gasteiger partial charge on any atom is 0.322 e. The number of urea groups is 1. The number of benzene rings is 1. The van der Waals surface area contributed by atoms with Gasteiger partial charge in [0.25, 0.3) is 0 Å². The van der Waals surface area contributed by atoms with E-state index in [1.807, 2.05) is 36.1 Å². The molecular formula is C21H35N3O2. The lowest BCUT2D eigenvalue weighted by molar-refractivity contribution is 0.167. The van der Waals surface area contributed by atoms with Crippen molar-refractivity contribution in [2.75, 3.05) is 18.5 Å². The molecule has 0 bridgehead atoms. The van der Waals surface area contributed by atoms with E-state index in [9.17, 15) is 4.79 Å². The Labute approximate surface area is 158 Å². The maximum absolute atomic E-state index is 12.6. The van der Waals surface area contributed by atoms with E-state index < -0.39 is 0 Å². The van der Waals surface area contributed by atoms with Gasteiger partial charge in [0.2, 0.25) is 0 Å². The number of hydrogen-bond donors (Lipinski definition) is 2. The summed E-state index contributed by atoms with van der Waals surface area (Å²) in [6, 6.07) is 8.22. The van der Waals surface area contributed by atoms with Crippen LogP contribution in [0.25, 0.3) is 0 Å². The van der Waals surface area contributed by atoms with E-state index in [1.54, 1.807) is 0 Å². The molecule has 1 aromatic carbocycles. The molecular weight excluding hydrogens is 326 g/mol. The summed E-state index contributed by atoms with van der Waals surface area (Å²) in [5.41, 5.74) is 6.78. The predicted molar refractivity (Wildman–Crippen MR) is 108 cm³/mol. The van der Waals surface area contributed by atoms with Crippen molar-refractivity contribution in [3.05, 3.63) is 24.3 Å². The Balaban J connectivity index is 1.80. The van der Waals surface area contributed by atoms with Crippen molar-refractivity contribution in [3.8, 4) is 5.75 Å². The molecule has 0 spiro atoms. The number of rotatable bonds is 9. The lowest BCUT2D eigenvalue weighted by Crippen LogP contribution is -2.46. The molecule has 2 amide bonds. The molecule has 0 heterocycles. The predicted octanol–water partition coefficient (Wildman–Crippen LogP) is 4.77. The molecule has 146 valence electrons. The highest BCUT2D eigenvalue weighted by Gasteiger charge is 2.26. The van der Waals surface area contributed by atoms with Crippen molar-refractivity contribution < 1.29 is 9.53 Å². The Morgan fingerprint density at radius 2 is 1.81 bits per heavy atom. The molecule has 26 heavy (non-hydrogen) atoms. The monoisotopic (exact) mass is 361 g/mol. The Morgan fingerprint density at radius 1 is 1.12 bits per heavy atom. The molecule has 5 nitrogen and oxygen atoms in total. The van der Waals surface area contributed by atoms with E-state index in [1.165, 1.54) is 19.3 Å². The largest absolute Gasteiger partial charge is 0.494 e. The highest BCUT2D eigenvalue weighted by molar-refractivity contribution is 5.89. The van der Waals surface area contributed by atoms with Crippen LogP contribution in [0.5, 0.6) is 5.75 Å². The lowest BCUT2D eigenvalue weighted by Gasteiger charge is -2.35. The average molecular weight is 362 g/mol. The fraction of sp³-hybridized carbons (Fsp3) is 0.667. The summed E-state index contributed by atoms with van der Waals surface area (Å²) >= 11 is 0. The molecule has 0 aliphatic heterocycles. The van der Waals surface area contributed by atoms with Crippen LogP contribution in [0, 0.1) is 0 Å². The molecule has 5 heteroatoms. The van der Waals surface area contributed by atoms with Gasteiger partial charge in [0.15, 0.2) is 0 Å². The standard InChI is InChI=1S/C21H35N3O2/c1-3-5-6-7-16-26-20-14-10-18(11-15-20)23-21(25)24(4-2)19-12-8-17(22)9-13-19/h10-11,14-15,17,19H,3-9,12-13,16,22H2,1-2H3,(H,23,25). The molecule has 0 unspecified atom stereocenters. The van der Waals surface area contributed by atoms with Crippen LogP contribution in [0.4, 0.5) is 10.5 Å². The minimum Gasteiger partial charge on any atom is -0.494 e. The van der Waals surface area contributed by atoms with Crippen LogP contribution in [0.2, 0.25) is 0 Å². The zero-order chi connectivity index (χ0) is 18.8. The highest BCUT2D eigenvalue weighted by atomic mass is 16.5. The molecule has 0 saturated heterocycles. The molecule has 0 atom stereocenters. The van der Waals surface area contributed by atoms with Gasteiger partial charge in [-0.15, -0.1) is 0 Å². The number of nitrogens with zero attached hydrogens (tertiary/aromatic N) is 1. The second kappa shape index (κ2) is 11.1. The molecule has 1 aliphatic rings. The Morgan fingerprint density at radius 3 is 2.42 bits per heavy atom. The third-order valence-corrected chi connectivity index (χ3v) is 5.16. The highest BCUT2D eigenvalue weighted by Crippen LogP contribution is 2.23. The third kappa shape index (κ3) is 6.52. The van der Waals surface area contributed by atoms with Gasteiger partial charge >= 0.3 is 6.03 Å². The fourth-order valence-corrected chi connectivity index (χ4v) is 3.53. The summed E-state index contributed by atoms with van der Waals surface area (Å²) in [4.78, 5) is 14.6. The van der Waals surface area contributed by atoms with Crippen LogP contribution in [0.15, 0.2) is 24.3 Å². The zero-order valence-electron chi connectivity index (χ0n) is 16.4. The van der Waals surface area contributed by atoms with Crippen molar-refractivity contribution in [2.45, 2.75) is 77.3 Å². The zero-order valence-corrected chi connectivity index (χ0v) is 16.4. The van der Waals surface area contributed by atoms with Gasteiger partial charge < -0.3 is 20.7 Å². The number of amides is 2. The van der Waals surface area contributed by atoms with Crippen molar-refractivity contribution in [1.82, 2.24) is 4.90 Å². The normalized spacial score (nSPS) is 19.8. The molecule has 1 fully saturated rings. The smallest absolute Gasteiger partial charge is 0.322 e. The van der Waals surface area contributed by atoms with E-state index >= 15 is 0 Å². The number of carbonyl (C=O) groups is 1. The summed E-state index contributed by atoms with van der Waals surface area (Å²) in [7, 11) is 0. The number of anilines is 1. The summed E-state index contributed by atoms with van der Waals surface area (Å²) in [5.74, 6) is 0.855. The van der Waals surface area contributed by atoms with E-state index in [4.69, 9.17) is 10.5 Å². The van der Waals surface area contributed by atoms with E-state index in [2.05, 4.69) is 12.2 Å². The SMILES string of the molecule is CCCCCCOc1ccc(NC(=O)N(CC)C2CCC(N)CC2)cc1. The minimum absolute atomic E-state index is 0.0267. The number of nitrogens with one attached hydrogen (secondary N) is 1. The Hall–Kier alpha value is -1.75. The van der Waals surface area contributed by atoms with Gasteiger partial charge in [-0.2, -0.15) is 0 Å². The topological polar surface area (TPSA) is 67.6 Å². The summed E-state index contributed by atoms with van der Waals surface area (Å²) in [5, 5.41) is 3.01. The molecule has 1 aliphatic carbocycles. The second-order valence-corrected chi connectivity index (χ2v) is 7.22. The van der Waals surface area contributed by atoms with Crippen molar-refractivity contribution in [1.29, 1.82) is 0 Å². The third-order valence-electron chi connectivity index (χ3n) is 5.16. The van der Waals surface area contributed by atoms with Crippen molar-refractivity contribution >= 4 is 11.7 Å². The number of unbranched alkanes of at least 4 members (excludes halogenated alkanes) is 3. The van der Waals surface area contributed by atoms with Gasteiger partial charge in [-0.05, 0) is 63.3 Å². The first-order chi connectivity index (χ1) is 12.6. The quantitative estimate of drug-likeness (QED) is 0.623. The number of nitrogens with two attached hydrogens (primary N) is 1. The number of carbonyl (C=O) groups excluding carboxylic acids is 1. The number of ether oxygens (including phenoxy) is 1. The van der Waals surface area contributed by atoms with Gasteiger partial charge in [-0.3, -0.25) is 0 Å². The molecule has 0 aromatic heterocycles. The Kier molecular flexibility index (Phi) is 8.75. The van der Waals surface area contributed by atoms with Gasteiger partial charge in [-0.1, -0.05) is 26.2 Å². The van der Waals surface area contributed by atoms with E-state index in [0.717, 1.165) is 50.1 Å². The Bertz CT molecular complexity index is 525. The van der Waals surface area contributed by atoms with Gasteiger partial charge in [0, 0.05) is 24.3 Å². The lowest BCUT2D eigenvalue weighted by atomic mass is 9.91. The van der Waals surface area contributed by atoms with Crippen molar-refractivity contribution in [3.63, 3.8) is 0 Å². The maximum atomic E-state index is 12.6. The molecule has 2 rings (SSSR count). The summed E-state index contributed by atoms with van der Waals surface area (Å²) < 4.78 is 5.75. The van der Waals surface area contributed by atoms with Crippen LogP contribution in [-0.2, 0) is 0 Å². The van der Waals surface area contributed by atoms with Gasteiger partial charge in [-0.25, -0.2) is 4.79 Å². The molecule has 0 radical (unpaired) electrons. The fourth-order valence-electron chi connectivity index (χ4n) is 3.53. The average Bonchev–Trinajstić information content (AvgIpc) is 2.65. The summed E-state index contributed by atoms with van der Waals surface area (Å²) in [6.07, 6.45) is 8.77. The second-order valence-electron chi connectivity index (χ2n) is 7.22. The van der Waals surface area contributed by atoms with Gasteiger partial charge in [0.1, 0.15) is 5.75 Å². The summed E-state index contributed by atoms with van der Waals surface area (Å²) in [6.45, 7) is 5.70. The first-order valence-corrected chi connectivity index (χ1v) is 10.2. The molecule has 1 saturated carbocycles. The van der Waals surface area contributed by atoms with E-state index in [-0.39, 0.29) is 6.03 Å². The van der Waals surface area contributed by atoms with Crippen molar-refractivity contribution in [2.24, 2.45) is 5.73 Å². The van der Waals surface area contributed by atoms with Crippen LogP contribution in [0.1, 0.15) is 65.2 Å². The van der Waals surface area contributed by atoms with Crippen LogP contribution in [0.3, 0.4) is 0 Å². The first-order valence-electron chi connectivity index (χ1n) is 10.2. The first kappa shape index (κ1) is 20.6. The molecule has 1 aromatic rings. The minimum atomic E-state index is -0.0267. The van der Waals surface area contributed by atoms with Crippen LogP contribution < -0.4 is 15.8 Å².